The highest BCUT2D eigenvalue weighted by molar-refractivity contribution is 6.46. The lowest BCUT2D eigenvalue weighted by Gasteiger charge is -2.29. The molecule has 0 bridgehead atoms. The Labute approximate surface area is 179 Å². The van der Waals surface area contributed by atoms with Crippen LogP contribution < -0.4 is 9.64 Å². The lowest BCUT2D eigenvalue weighted by molar-refractivity contribution is -0.120. The zero-order valence-corrected chi connectivity index (χ0v) is 17.5. The number of hydrogen-bond acceptors (Lipinski definition) is 4. The minimum absolute atomic E-state index is 0.294. The summed E-state index contributed by atoms with van der Waals surface area (Å²) in [5.74, 6) is -0.00720. The minimum Gasteiger partial charge on any atom is -0.497 e. The molecule has 5 nitrogen and oxygen atoms in total. The fraction of sp³-hybridized carbons (Fsp3) is 0.273. The number of imide groups is 1. The molecule has 4 rings (SSSR count). The van der Waals surface area contributed by atoms with Crippen molar-refractivity contribution in [2.24, 2.45) is 0 Å². The quantitative estimate of drug-likeness (QED) is 0.655. The van der Waals surface area contributed by atoms with Crippen LogP contribution in [0.1, 0.15) is 24.8 Å². The van der Waals surface area contributed by atoms with Gasteiger partial charge in [-0.25, -0.2) is 4.90 Å². The van der Waals surface area contributed by atoms with E-state index in [4.69, 9.17) is 27.9 Å². The van der Waals surface area contributed by atoms with E-state index < -0.39 is 0 Å². The van der Waals surface area contributed by atoms with Crippen LogP contribution in [0.15, 0.2) is 48.2 Å². The number of anilines is 1. The van der Waals surface area contributed by atoms with E-state index in [2.05, 4.69) is 0 Å². The number of methoxy groups -OCH3 is 1. The Hall–Kier alpha value is -2.50. The van der Waals surface area contributed by atoms with E-state index >= 15 is 0 Å². The average Bonchev–Trinajstić information content (AvgIpc) is 3.01. The molecule has 2 heterocycles. The third-order valence-corrected chi connectivity index (χ3v) is 6.01. The van der Waals surface area contributed by atoms with Gasteiger partial charge in [0.05, 0.1) is 28.4 Å². The second-order valence-electron chi connectivity index (χ2n) is 7.04. The van der Waals surface area contributed by atoms with Gasteiger partial charge in [-0.15, -0.1) is 0 Å². The molecule has 0 aromatic heterocycles. The zero-order chi connectivity index (χ0) is 20.5. The SMILES string of the molecule is COc1ccc(C2=C(N3CCCCC3)C(=O)N(c3ccc(Cl)c(Cl)c3)C2=O)cc1. The Kier molecular flexibility index (Phi) is 5.52. The molecule has 0 unspecified atom stereocenters. The molecule has 1 saturated heterocycles. The van der Waals surface area contributed by atoms with E-state index in [9.17, 15) is 9.59 Å². The summed E-state index contributed by atoms with van der Waals surface area (Å²) in [7, 11) is 1.59. The Bertz CT molecular complexity index is 996. The first kappa shape index (κ1) is 19.8. The molecule has 0 spiro atoms. The van der Waals surface area contributed by atoms with Gasteiger partial charge in [-0.3, -0.25) is 9.59 Å². The van der Waals surface area contributed by atoms with Crippen LogP contribution in [-0.4, -0.2) is 36.9 Å². The van der Waals surface area contributed by atoms with Crippen molar-refractivity contribution in [3.63, 3.8) is 0 Å². The van der Waals surface area contributed by atoms with Crippen molar-refractivity contribution in [2.45, 2.75) is 19.3 Å². The third kappa shape index (κ3) is 3.61. The van der Waals surface area contributed by atoms with E-state index in [1.54, 1.807) is 37.4 Å². The molecular weight excluding hydrogens is 411 g/mol. The van der Waals surface area contributed by atoms with Crippen molar-refractivity contribution < 1.29 is 14.3 Å². The molecular formula is C22H20Cl2N2O3. The average molecular weight is 431 g/mol. The van der Waals surface area contributed by atoms with E-state index in [1.807, 2.05) is 17.0 Å². The Morgan fingerprint density at radius 3 is 2.17 bits per heavy atom. The molecule has 0 aliphatic carbocycles. The van der Waals surface area contributed by atoms with E-state index in [1.165, 1.54) is 4.90 Å². The van der Waals surface area contributed by atoms with Crippen molar-refractivity contribution in [3.05, 3.63) is 63.8 Å². The summed E-state index contributed by atoms with van der Waals surface area (Å²) in [6.07, 6.45) is 3.11. The molecule has 7 heteroatoms. The van der Waals surface area contributed by atoms with Crippen LogP contribution in [0.3, 0.4) is 0 Å². The van der Waals surface area contributed by atoms with Crippen molar-refractivity contribution >= 4 is 46.3 Å². The Morgan fingerprint density at radius 1 is 0.862 bits per heavy atom. The summed E-state index contributed by atoms with van der Waals surface area (Å²) < 4.78 is 5.22. The standard InChI is InChI=1S/C22H20Cl2N2O3/c1-29-16-8-5-14(6-9-16)19-20(25-11-3-2-4-12-25)22(28)26(21(19)27)15-7-10-17(23)18(24)13-15/h5-10,13H,2-4,11-12H2,1H3. The number of benzene rings is 2. The fourth-order valence-electron chi connectivity index (χ4n) is 3.81. The normalized spacial score (nSPS) is 17.3. The van der Waals surface area contributed by atoms with Crippen molar-refractivity contribution in [1.82, 2.24) is 4.90 Å². The van der Waals surface area contributed by atoms with Crippen LogP contribution in [-0.2, 0) is 9.59 Å². The maximum absolute atomic E-state index is 13.4. The Balaban J connectivity index is 1.81. The molecule has 0 atom stereocenters. The summed E-state index contributed by atoms with van der Waals surface area (Å²) in [6, 6.07) is 12.0. The number of ether oxygens (including phenoxy) is 1. The van der Waals surface area contributed by atoms with Gasteiger partial charge in [0.15, 0.2) is 0 Å². The highest BCUT2D eigenvalue weighted by Crippen LogP contribution is 2.37. The summed E-state index contributed by atoms with van der Waals surface area (Å²) in [5.41, 5.74) is 1.95. The third-order valence-electron chi connectivity index (χ3n) is 5.27. The number of halogens is 2. The van der Waals surface area contributed by atoms with Gasteiger partial charge in [-0.05, 0) is 55.2 Å². The van der Waals surface area contributed by atoms with Crippen LogP contribution in [0.4, 0.5) is 5.69 Å². The number of carbonyl (C=O) groups excluding carboxylic acids is 2. The van der Waals surface area contributed by atoms with Gasteiger partial charge in [0, 0.05) is 13.1 Å². The van der Waals surface area contributed by atoms with Gasteiger partial charge in [0.1, 0.15) is 11.4 Å². The lowest BCUT2D eigenvalue weighted by Crippen LogP contribution is -2.37. The largest absolute Gasteiger partial charge is 0.497 e. The van der Waals surface area contributed by atoms with Crippen LogP contribution in [0.25, 0.3) is 5.57 Å². The number of carbonyl (C=O) groups is 2. The molecule has 2 aliphatic heterocycles. The second kappa shape index (κ2) is 8.09. The Morgan fingerprint density at radius 2 is 1.55 bits per heavy atom. The van der Waals surface area contributed by atoms with Gasteiger partial charge in [-0.2, -0.15) is 0 Å². The van der Waals surface area contributed by atoms with Crippen LogP contribution in [0, 0.1) is 0 Å². The molecule has 150 valence electrons. The number of rotatable bonds is 4. The molecule has 2 aromatic carbocycles. The van der Waals surface area contributed by atoms with Crippen molar-refractivity contribution in [1.29, 1.82) is 0 Å². The number of nitrogens with zero attached hydrogens (tertiary/aromatic N) is 2. The summed E-state index contributed by atoms with van der Waals surface area (Å²) >= 11 is 12.2. The summed E-state index contributed by atoms with van der Waals surface area (Å²) in [6.45, 7) is 1.51. The lowest BCUT2D eigenvalue weighted by atomic mass is 10.0. The molecule has 2 aromatic rings. The first-order chi connectivity index (χ1) is 14.0. The monoisotopic (exact) mass is 430 g/mol. The van der Waals surface area contributed by atoms with E-state index in [-0.39, 0.29) is 11.8 Å². The van der Waals surface area contributed by atoms with Crippen molar-refractivity contribution in [3.8, 4) is 5.75 Å². The maximum Gasteiger partial charge on any atom is 0.282 e. The van der Waals surface area contributed by atoms with Gasteiger partial charge >= 0.3 is 0 Å². The summed E-state index contributed by atoms with van der Waals surface area (Å²) in [4.78, 5) is 30.1. The predicted octanol–water partition coefficient (Wildman–Crippen LogP) is 4.77. The topological polar surface area (TPSA) is 49.9 Å². The molecule has 2 aliphatic rings. The maximum atomic E-state index is 13.4. The number of piperidine rings is 1. The molecule has 0 saturated carbocycles. The predicted molar refractivity (Wildman–Crippen MR) is 114 cm³/mol. The van der Waals surface area contributed by atoms with Gasteiger partial charge in [-0.1, -0.05) is 35.3 Å². The van der Waals surface area contributed by atoms with Gasteiger partial charge < -0.3 is 9.64 Å². The first-order valence-corrected chi connectivity index (χ1v) is 10.2. The molecule has 1 fully saturated rings. The second-order valence-corrected chi connectivity index (χ2v) is 7.86. The number of amides is 2. The van der Waals surface area contributed by atoms with Crippen LogP contribution in [0.2, 0.25) is 10.0 Å². The highest BCUT2D eigenvalue weighted by atomic mass is 35.5. The fourth-order valence-corrected chi connectivity index (χ4v) is 4.10. The van der Waals surface area contributed by atoms with Gasteiger partial charge in [0.2, 0.25) is 0 Å². The van der Waals surface area contributed by atoms with E-state index in [0.29, 0.717) is 38.3 Å². The molecule has 0 N–H and O–H groups in total. The van der Waals surface area contributed by atoms with E-state index in [0.717, 1.165) is 32.4 Å². The smallest absolute Gasteiger partial charge is 0.282 e. The molecule has 0 radical (unpaired) electrons. The first-order valence-electron chi connectivity index (χ1n) is 9.48. The number of likely N-dealkylation sites (tertiary alicyclic amines) is 1. The summed E-state index contributed by atoms with van der Waals surface area (Å²) in [5, 5.41) is 0.663. The molecule has 2 amide bonds. The van der Waals surface area contributed by atoms with Crippen molar-refractivity contribution in [2.75, 3.05) is 25.1 Å². The van der Waals surface area contributed by atoms with Gasteiger partial charge in [0.25, 0.3) is 11.8 Å². The minimum atomic E-state index is -0.362. The highest BCUT2D eigenvalue weighted by Gasteiger charge is 2.42. The van der Waals surface area contributed by atoms with Crippen LogP contribution in [0.5, 0.6) is 5.75 Å². The number of hydrogen-bond donors (Lipinski definition) is 0. The molecule has 29 heavy (non-hydrogen) atoms. The zero-order valence-electron chi connectivity index (χ0n) is 16.0. The van der Waals surface area contributed by atoms with Crippen LogP contribution >= 0.6 is 23.2 Å².